The summed E-state index contributed by atoms with van der Waals surface area (Å²) < 4.78 is 18.0. The van der Waals surface area contributed by atoms with Crippen molar-refractivity contribution in [3.63, 3.8) is 0 Å². The molecule has 3 amide bonds. The van der Waals surface area contributed by atoms with Crippen LogP contribution in [0.1, 0.15) is 78.9 Å². The van der Waals surface area contributed by atoms with Crippen molar-refractivity contribution in [2.75, 3.05) is 29.2 Å². The Bertz CT molecular complexity index is 1900. The van der Waals surface area contributed by atoms with Crippen LogP contribution in [0.15, 0.2) is 59.5 Å². The summed E-state index contributed by atoms with van der Waals surface area (Å²) in [4.78, 5) is 56.4. The van der Waals surface area contributed by atoms with Gasteiger partial charge in [0, 0.05) is 48.4 Å². The quantitative estimate of drug-likeness (QED) is 0.0879. The van der Waals surface area contributed by atoms with Crippen molar-refractivity contribution < 1.29 is 28.6 Å². The molecule has 2 aromatic heterocycles. The van der Waals surface area contributed by atoms with Crippen LogP contribution in [0.4, 0.5) is 26.7 Å². The number of esters is 1. The number of aryl methyl sites for hydroxylation is 3. The number of amides is 3. The largest absolute Gasteiger partial charge is 0.493 e. The van der Waals surface area contributed by atoms with Gasteiger partial charge in [-0.05, 0) is 93.1 Å². The van der Waals surface area contributed by atoms with Crippen LogP contribution in [0.5, 0.6) is 5.75 Å². The van der Waals surface area contributed by atoms with E-state index in [2.05, 4.69) is 20.9 Å². The van der Waals surface area contributed by atoms with E-state index in [0.29, 0.717) is 71.7 Å². The summed E-state index contributed by atoms with van der Waals surface area (Å²) in [6.45, 7) is 13.7. The van der Waals surface area contributed by atoms with E-state index in [-0.39, 0.29) is 23.8 Å². The molecule has 0 saturated heterocycles. The van der Waals surface area contributed by atoms with Gasteiger partial charge in [0.2, 0.25) is 0 Å². The van der Waals surface area contributed by atoms with E-state index in [1.165, 1.54) is 6.92 Å². The highest BCUT2D eigenvalue weighted by Crippen LogP contribution is 2.35. The first-order valence-electron chi connectivity index (χ1n) is 17.5. The molecule has 12 heteroatoms. The van der Waals surface area contributed by atoms with Crippen molar-refractivity contribution in [1.82, 2.24) is 9.55 Å². The van der Waals surface area contributed by atoms with Crippen LogP contribution in [0.3, 0.4) is 0 Å². The van der Waals surface area contributed by atoms with Gasteiger partial charge in [-0.2, -0.15) is 0 Å². The molecule has 0 spiro atoms. The smallest absolute Gasteiger partial charge is 0.412 e. The molecule has 4 aromatic rings. The normalized spacial score (nSPS) is 11.2. The summed E-state index contributed by atoms with van der Waals surface area (Å²) in [6, 6.07) is 14.0. The lowest BCUT2D eigenvalue weighted by Crippen LogP contribution is -2.30. The molecule has 2 heterocycles. The van der Waals surface area contributed by atoms with Gasteiger partial charge < -0.3 is 24.8 Å². The third-order valence-corrected chi connectivity index (χ3v) is 7.93. The maximum Gasteiger partial charge on any atom is 0.412 e. The summed E-state index contributed by atoms with van der Waals surface area (Å²) in [5.74, 6) is 0.206. The number of nitrogens with zero attached hydrogens (tertiary/aromatic N) is 2. The van der Waals surface area contributed by atoms with Gasteiger partial charge in [0.05, 0.1) is 13.2 Å². The Kier molecular flexibility index (Phi) is 13.2. The zero-order valence-corrected chi connectivity index (χ0v) is 30.6. The number of hydrogen-bond acceptors (Lipinski definition) is 8. The van der Waals surface area contributed by atoms with Crippen LogP contribution in [-0.2, 0) is 33.7 Å². The van der Waals surface area contributed by atoms with Crippen molar-refractivity contribution in [2.45, 2.75) is 92.7 Å². The SMILES string of the molecule is CCCCn1c(=O)c(NC(=O)Nc2c(CC)cc(NC(=O)OC(C)(C)C)cc2CC)c(-c2cccc(OCCCOC(C)=O)c2)c2cccnc21. The van der Waals surface area contributed by atoms with Crippen molar-refractivity contribution >= 4 is 46.2 Å². The van der Waals surface area contributed by atoms with Crippen LogP contribution in [0, 0.1) is 0 Å². The molecule has 3 N–H and O–H groups in total. The molecule has 0 atom stereocenters. The van der Waals surface area contributed by atoms with E-state index in [9.17, 15) is 19.2 Å². The van der Waals surface area contributed by atoms with Gasteiger partial charge in [-0.1, -0.05) is 39.3 Å². The molecule has 4 rings (SSSR count). The Labute approximate surface area is 298 Å². The Balaban J connectivity index is 1.74. The molecule has 2 aromatic carbocycles. The second-order valence-electron chi connectivity index (χ2n) is 13.1. The molecule has 0 saturated carbocycles. The molecule has 51 heavy (non-hydrogen) atoms. The van der Waals surface area contributed by atoms with E-state index in [0.717, 1.165) is 24.0 Å². The van der Waals surface area contributed by atoms with Crippen molar-refractivity contribution in [2.24, 2.45) is 0 Å². The summed E-state index contributed by atoms with van der Waals surface area (Å²) in [5.41, 5.74) is 3.52. The maximum absolute atomic E-state index is 14.3. The lowest BCUT2D eigenvalue weighted by molar-refractivity contribution is -0.141. The third kappa shape index (κ3) is 10.3. The summed E-state index contributed by atoms with van der Waals surface area (Å²) in [5, 5.41) is 9.41. The molecular formula is C39H49N5O7. The highest BCUT2D eigenvalue weighted by Gasteiger charge is 2.23. The Morgan fingerprint density at radius 2 is 1.57 bits per heavy atom. The lowest BCUT2D eigenvalue weighted by atomic mass is 10.00. The summed E-state index contributed by atoms with van der Waals surface area (Å²) >= 11 is 0. The molecule has 0 aliphatic carbocycles. The molecule has 0 bridgehead atoms. The monoisotopic (exact) mass is 699 g/mol. The number of pyridine rings is 2. The zero-order valence-electron chi connectivity index (χ0n) is 30.6. The Morgan fingerprint density at radius 3 is 2.22 bits per heavy atom. The number of anilines is 3. The number of hydrogen-bond donors (Lipinski definition) is 3. The number of aromatic nitrogens is 2. The van der Waals surface area contributed by atoms with Gasteiger partial charge in [-0.3, -0.25) is 19.5 Å². The van der Waals surface area contributed by atoms with Crippen LogP contribution in [0.2, 0.25) is 0 Å². The minimum atomic E-state index is -0.654. The summed E-state index contributed by atoms with van der Waals surface area (Å²) in [7, 11) is 0. The van der Waals surface area contributed by atoms with Crippen molar-refractivity contribution in [3.8, 4) is 16.9 Å². The van der Waals surface area contributed by atoms with Crippen molar-refractivity contribution in [3.05, 3.63) is 76.2 Å². The maximum atomic E-state index is 14.3. The number of ether oxygens (including phenoxy) is 3. The van der Waals surface area contributed by atoms with E-state index >= 15 is 0 Å². The molecule has 0 unspecified atom stereocenters. The minimum absolute atomic E-state index is 0.107. The number of benzene rings is 2. The van der Waals surface area contributed by atoms with E-state index in [1.54, 1.807) is 55.8 Å². The van der Waals surface area contributed by atoms with Crippen LogP contribution < -0.4 is 26.2 Å². The number of urea groups is 1. The summed E-state index contributed by atoms with van der Waals surface area (Å²) in [6.07, 6.45) is 4.33. The fourth-order valence-electron chi connectivity index (χ4n) is 5.66. The van der Waals surface area contributed by atoms with Gasteiger partial charge in [0.15, 0.2) is 0 Å². The first-order valence-corrected chi connectivity index (χ1v) is 17.5. The molecule has 12 nitrogen and oxygen atoms in total. The highest BCUT2D eigenvalue weighted by atomic mass is 16.6. The number of fused-ring (bicyclic) bond motifs is 1. The molecule has 0 aliphatic heterocycles. The van der Waals surface area contributed by atoms with Gasteiger partial charge in [-0.15, -0.1) is 0 Å². The van der Waals surface area contributed by atoms with Crippen LogP contribution in [-0.4, -0.2) is 46.5 Å². The predicted octanol–water partition coefficient (Wildman–Crippen LogP) is 8.31. The van der Waals surface area contributed by atoms with Crippen LogP contribution in [0.25, 0.3) is 22.2 Å². The fraction of sp³-hybridized carbons (Fsp3) is 0.410. The first kappa shape index (κ1) is 38.4. The molecule has 0 aliphatic rings. The molecule has 0 radical (unpaired) electrons. The average molecular weight is 700 g/mol. The Morgan fingerprint density at radius 1 is 0.863 bits per heavy atom. The van der Waals surface area contributed by atoms with Gasteiger partial charge in [0.1, 0.15) is 22.7 Å². The predicted molar refractivity (Wildman–Crippen MR) is 201 cm³/mol. The van der Waals surface area contributed by atoms with Crippen LogP contribution >= 0.6 is 0 Å². The first-order chi connectivity index (χ1) is 24.3. The molecule has 0 fully saturated rings. The topological polar surface area (TPSA) is 150 Å². The second-order valence-corrected chi connectivity index (χ2v) is 13.1. The highest BCUT2D eigenvalue weighted by molar-refractivity contribution is 6.08. The Hall–Kier alpha value is -5.39. The fourth-order valence-corrected chi connectivity index (χ4v) is 5.66. The number of rotatable bonds is 14. The average Bonchev–Trinajstić information content (AvgIpc) is 3.07. The van der Waals surface area contributed by atoms with E-state index in [1.807, 2.05) is 45.0 Å². The third-order valence-electron chi connectivity index (χ3n) is 7.93. The standard InChI is InChI=1S/C39H49N5O7/c1-8-11-19-44-35-31(17-13-18-40-35)32(28-15-12-16-30(24-28)50-21-14-20-49-25(4)45)34(36(44)46)43-37(47)42-33-26(9-2)22-29(23-27(33)10-3)41-38(48)51-39(5,6)7/h12-13,15-18,22-24H,8-11,14,19-21H2,1-7H3,(H,41,48)(H2,42,43,47). The molecule has 272 valence electrons. The molecular weight excluding hydrogens is 650 g/mol. The van der Waals surface area contributed by atoms with Gasteiger partial charge >= 0.3 is 18.1 Å². The number of carbonyl (C=O) groups excluding carboxylic acids is 3. The van der Waals surface area contributed by atoms with Gasteiger partial charge in [0.25, 0.3) is 5.56 Å². The zero-order chi connectivity index (χ0) is 37.1. The van der Waals surface area contributed by atoms with E-state index in [4.69, 9.17) is 14.2 Å². The lowest BCUT2D eigenvalue weighted by Gasteiger charge is -2.22. The van der Waals surface area contributed by atoms with E-state index < -0.39 is 17.7 Å². The number of unbranched alkanes of at least 4 members (excludes halogenated alkanes) is 1. The number of carbonyl (C=O) groups is 3. The second kappa shape index (κ2) is 17.5. The van der Waals surface area contributed by atoms with Crippen molar-refractivity contribution in [1.29, 1.82) is 0 Å². The minimum Gasteiger partial charge on any atom is -0.493 e. The van der Waals surface area contributed by atoms with Gasteiger partial charge in [-0.25, -0.2) is 14.6 Å². The number of nitrogens with one attached hydrogen (secondary N) is 3.